The molecule has 2 aromatic rings. The molecule has 0 amide bonds. The molecule has 0 radical (unpaired) electrons. The molecule has 0 aliphatic carbocycles. The van der Waals surface area contributed by atoms with Gasteiger partial charge in [-0.2, -0.15) is 0 Å². The van der Waals surface area contributed by atoms with E-state index >= 15 is 0 Å². The number of carboxylic acid groups (broad SMARTS) is 1. The van der Waals surface area contributed by atoms with Crippen molar-refractivity contribution in [2.75, 3.05) is 0 Å². The fourth-order valence-electron chi connectivity index (χ4n) is 1.55. The van der Waals surface area contributed by atoms with Crippen LogP contribution in [0.4, 0.5) is 0 Å². The van der Waals surface area contributed by atoms with Crippen molar-refractivity contribution in [3.8, 4) is 11.6 Å². The molecule has 0 spiro atoms. The maximum atomic E-state index is 11.0. The van der Waals surface area contributed by atoms with E-state index in [-0.39, 0.29) is 11.4 Å². The summed E-state index contributed by atoms with van der Waals surface area (Å²) >= 11 is 0. The SMILES string of the molecule is CCc1cc(C(=O)O)cc(Oc2ccc(C)nc2)n1. The number of rotatable bonds is 4. The summed E-state index contributed by atoms with van der Waals surface area (Å²) in [5.74, 6) is -0.200. The highest BCUT2D eigenvalue weighted by molar-refractivity contribution is 5.88. The van der Waals surface area contributed by atoms with Gasteiger partial charge in [-0.1, -0.05) is 6.92 Å². The number of nitrogens with zero attached hydrogens (tertiary/aromatic N) is 2. The summed E-state index contributed by atoms with van der Waals surface area (Å²) in [7, 11) is 0. The Bertz CT molecular complexity index is 594. The van der Waals surface area contributed by atoms with E-state index in [2.05, 4.69) is 9.97 Å². The predicted molar refractivity (Wildman–Crippen MR) is 69.6 cm³/mol. The zero-order valence-electron chi connectivity index (χ0n) is 10.8. The van der Waals surface area contributed by atoms with Crippen LogP contribution in [0.1, 0.15) is 28.7 Å². The van der Waals surface area contributed by atoms with Crippen molar-refractivity contribution in [1.29, 1.82) is 0 Å². The summed E-state index contributed by atoms with van der Waals surface area (Å²) in [5.41, 5.74) is 1.73. The number of ether oxygens (including phenoxy) is 1. The Kier molecular flexibility index (Phi) is 3.75. The zero-order valence-corrected chi connectivity index (χ0v) is 10.8. The van der Waals surface area contributed by atoms with Crippen LogP contribution in [0.3, 0.4) is 0 Å². The molecule has 5 nitrogen and oxygen atoms in total. The number of hydrogen-bond donors (Lipinski definition) is 1. The third-order valence-electron chi connectivity index (χ3n) is 2.57. The average molecular weight is 258 g/mol. The number of carboxylic acids is 1. The summed E-state index contributed by atoms with van der Waals surface area (Å²) in [6.45, 7) is 3.79. The molecule has 2 heterocycles. The first kappa shape index (κ1) is 13.0. The molecule has 0 aliphatic rings. The van der Waals surface area contributed by atoms with Crippen LogP contribution >= 0.6 is 0 Å². The quantitative estimate of drug-likeness (QED) is 0.912. The first-order valence-electron chi connectivity index (χ1n) is 5.93. The Hall–Kier alpha value is -2.43. The minimum absolute atomic E-state index is 0.168. The van der Waals surface area contributed by atoms with E-state index in [1.807, 2.05) is 19.9 Å². The first-order valence-corrected chi connectivity index (χ1v) is 5.93. The predicted octanol–water partition coefficient (Wildman–Crippen LogP) is 2.84. The fraction of sp³-hybridized carbons (Fsp3) is 0.214. The van der Waals surface area contributed by atoms with Crippen LogP contribution in [0, 0.1) is 6.92 Å². The van der Waals surface area contributed by atoms with Crippen LogP contribution in [0.15, 0.2) is 30.5 Å². The number of pyridine rings is 2. The zero-order chi connectivity index (χ0) is 13.8. The van der Waals surface area contributed by atoms with Gasteiger partial charge in [-0.15, -0.1) is 0 Å². The minimum Gasteiger partial charge on any atom is -0.478 e. The van der Waals surface area contributed by atoms with Crippen molar-refractivity contribution < 1.29 is 14.6 Å². The Morgan fingerprint density at radius 2 is 2.16 bits per heavy atom. The maximum Gasteiger partial charge on any atom is 0.335 e. The molecule has 0 unspecified atom stereocenters. The highest BCUT2D eigenvalue weighted by Crippen LogP contribution is 2.21. The van der Waals surface area contributed by atoms with Gasteiger partial charge in [-0.25, -0.2) is 9.78 Å². The van der Waals surface area contributed by atoms with E-state index in [0.717, 1.165) is 5.69 Å². The lowest BCUT2D eigenvalue weighted by Crippen LogP contribution is -2.01. The Labute approximate surface area is 110 Å². The van der Waals surface area contributed by atoms with Gasteiger partial charge in [-0.05, 0) is 31.5 Å². The van der Waals surface area contributed by atoms with Crippen molar-refractivity contribution in [3.63, 3.8) is 0 Å². The van der Waals surface area contributed by atoms with Crippen LogP contribution in [0.25, 0.3) is 0 Å². The van der Waals surface area contributed by atoms with E-state index in [9.17, 15) is 4.79 Å². The van der Waals surface area contributed by atoms with Gasteiger partial charge in [0.15, 0.2) is 0 Å². The van der Waals surface area contributed by atoms with Gasteiger partial charge in [0, 0.05) is 17.5 Å². The lowest BCUT2D eigenvalue weighted by molar-refractivity contribution is 0.0696. The Morgan fingerprint density at radius 1 is 1.37 bits per heavy atom. The molecule has 19 heavy (non-hydrogen) atoms. The van der Waals surface area contributed by atoms with Gasteiger partial charge >= 0.3 is 5.97 Å². The normalized spacial score (nSPS) is 10.2. The summed E-state index contributed by atoms with van der Waals surface area (Å²) in [5, 5.41) is 9.04. The van der Waals surface area contributed by atoms with Gasteiger partial charge in [0.05, 0.1) is 11.8 Å². The standard InChI is InChI=1S/C14H14N2O3/c1-3-11-6-10(14(17)18)7-13(16-11)19-12-5-4-9(2)15-8-12/h4-8H,3H2,1-2H3,(H,17,18). The summed E-state index contributed by atoms with van der Waals surface area (Å²) in [6, 6.07) is 6.53. The second-order valence-corrected chi connectivity index (χ2v) is 4.08. The van der Waals surface area contributed by atoms with Crippen LogP contribution in [0.5, 0.6) is 11.6 Å². The van der Waals surface area contributed by atoms with Gasteiger partial charge in [0.2, 0.25) is 5.88 Å². The highest BCUT2D eigenvalue weighted by Gasteiger charge is 2.09. The van der Waals surface area contributed by atoms with Crippen LogP contribution in [-0.4, -0.2) is 21.0 Å². The third-order valence-corrected chi connectivity index (χ3v) is 2.57. The molecule has 0 atom stereocenters. The second kappa shape index (κ2) is 5.48. The molecule has 98 valence electrons. The molecule has 5 heteroatoms. The van der Waals surface area contributed by atoms with Gasteiger partial charge in [0.25, 0.3) is 0 Å². The lowest BCUT2D eigenvalue weighted by atomic mass is 10.2. The number of aryl methyl sites for hydroxylation is 2. The summed E-state index contributed by atoms with van der Waals surface area (Å²) in [4.78, 5) is 19.4. The van der Waals surface area contributed by atoms with Crippen LogP contribution in [-0.2, 0) is 6.42 Å². The van der Waals surface area contributed by atoms with Crippen molar-refractivity contribution in [2.24, 2.45) is 0 Å². The largest absolute Gasteiger partial charge is 0.478 e. The molecule has 2 rings (SSSR count). The first-order chi connectivity index (χ1) is 9.08. The van der Waals surface area contributed by atoms with Gasteiger partial charge in [0.1, 0.15) is 5.75 Å². The number of carbonyl (C=O) groups is 1. The van der Waals surface area contributed by atoms with E-state index in [1.54, 1.807) is 18.3 Å². The van der Waals surface area contributed by atoms with Crippen LogP contribution in [0.2, 0.25) is 0 Å². The molecule has 2 aromatic heterocycles. The molecule has 0 saturated heterocycles. The van der Waals surface area contributed by atoms with Crippen LogP contribution < -0.4 is 4.74 Å². The number of hydrogen-bond acceptors (Lipinski definition) is 4. The molecule has 1 N–H and O–H groups in total. The Morgan fingerprint density at radius 3 is 2.74 bits per heavy atom. The summed E-state index contributed by atoms with van der Waals surface area (Å²) < 4.78 is 5.53. The van der Waals surface area contributed by atoms with E-state index in [0.29, 0.717) is 17.9 Å². The minimum atomic E-state index is -0.996. The molecular formula is C14H14N2O3. The van der Waals surface area contributed by atoms with Gasteiger partial charge in [-0.3, -0.25) is 4.98 Å². The lowest BCUT2D eigenvalue weighted by Gasteiger charge is -2.07. The van der Waals surface area contributed by atoms with Crippen molar-refractivity contribution in [3.05, 3.63) is 47.4 Å². The van der Waals surface area contributed by atoms with E-state index in [4.69, 9.17) is 9.84 Å². The molecule has 0 aliphatic heterocycles. The van der Waals surface area contributed by atoms with Crippen molar-refractivity contribution in [1.82, 2.24) is 9.97 Å². The average Bonchev–Trinajstić information content (AvgIpc) is 2.41. The molecule has 0 fully saturated rings. The van der Waals surface area contributed by atoms with Gasteiger partial charge < -0.3 is 9.84 Å². The monoisotopic (exact) mass is 258 g/mol. The molecular weight excluding hydrogens is 244 g/mol. The maximum absolute atomic E-state index is 11.0. The third kappa shape index (κ3) is 3.28. The second-order valence-electron chi connectivity index (χ2n) is 4.08. The topological polar surface area (TPSA) is 72.3 Å². The number of aromatic nitrogens is 2. The smallest absolute Gasteiger partial charge is 0.335 e. The Balaban J connectivity index is 2.31. The molecule has 0 saturated carbocycles. The molecule has 0 bridgehead atoms. The van der Waals surface area contributed by atoms with E-state index in [1.165, 1.54) is 6.07 Å². The van der Waals surface area contributed by atoms with Crippen molar-refractivity contribution >= 4 is 5.97 Å². The highest BCUT2D eigenvalue weighted by atomic mass is 16.5. The van der Waals surface area contributed by atoms with E-state index < -0.39 is 5.97 Å². The molecule has 0 aromatic carbocycles. The van der Waals surface area contributed by atoms with Crippen molar-refractivity contribution in [2.45, 2.75) is 20.3 Å². The fourth-order valence-corrected chi connectivity index (χ4v) is 1.55. The number of aromatic carboxylic acids is 1. The summed E-state index contributed by atoms with van der Waals surface area (Å²) in [6.07, 6.45) is 2.22.